The quantitative estimate of drug-likeness (QED) is 0.559. The Hall–Kier alpha value is -0.160. The van der Waals surface area contributed by atoms with E-state index in [2.05, 4.69) is 23.9 Å². The van der Waals surface area contributed by atoms with Gasteiger partial charge in [-0.15, -0.1) is 0 Å². The lowest BCUT2D eigenvalue weighted by atomic mass is 9.96. The molecular formula is C14H28N4+2. The second-order valence-corrected chi connectivity index (χ2v) is 7.46. The van der Waals surface area contributed by atoms with Crippen LogP contribution < -0.4 is 0 Å². The summed E-state index contributed by atoms with van der Waals surface area (Å²) in [6.07, 6.45) is 4.38. The Morgan fingerprint density at radius 2 is 1.11 bits per heavy atom. The normalized spacial score (nSPS) is 53.0. The van der Waals surface area contributed by atoms with E-state index in [1.165, 1.54) is 74.2 Å². The smallest absolute Gasteiger partial charge is 0.213 e. The van der Waals surface area contributed by atoms with Crippen LogP contribution in [0.5, 0.6) is 0 Å². The molecular weight excluding hydrogens is 224 g/mol. The van der Waals surface area contributed by atoms with Gasteiger partial charge in [0.25, 0.3) is 0 Å². The van der Waals surface area contributed by atoms with E-state index in [0.717, 1.165) is 12.3 Å². The second-order valence-electron chi connectivity index (χ2n) is 7.46. The molecule has 102 valence electrons. The Morgan fingerprint density at radius 1 is 0.667 bits per heavy atom. The van der Waals surface area contributed by atoms with Crippen LogP contribution in [0.25, 0.3) is 0 Å². The summed E-state index contributed by atoms with van der Waals surface area (Å²) >= 11 is 0. The van der Waals surface area contributed by atoms with Gasteiger partial charge in [0.1, 0.15) is 0 Å². The van der Waals surface area contributed by atoms with Gasteiger partial charge in [-0.1, -0.05) is 0 Å². The van der Waals surface area contributed by atoms with Gasteiger partial charge in [0.15, 0.2) is 0 Å². The highest BCUT2D eigenvalue weighted by Crippen LogP contribution is 2.39. The van der Waals surface area contributed by atoms with Gasteiger partial charge in [0, 0.05) is 25.9 Å². The van der Waals surface area contributed by atoms with Crippen molar-refractivity contribution in [2.75, 3.05) is 66.5 Å². The van der Waals surface area contributed by atoms with E-state index in [1.807, 2.05) is 0 Å². The Balaban J connectivity index is 1.76. The predicted molar refractivity (Wildman–Crippen MR) is 71.8 cm³/mol. The van der Waals surface area contributed by atoms with Crippen LogP contribution in [0.4, 0.5) is 0 Å². The molecule has 4 heterocycles. The van der Waals surface area contributed by atoms with Crippen LogP contribution in [0, 0.1) is 0 Å². The number of rotatable bonds is 0. The van der Waals surface area contributed by atoms with E-state index in [0.29, 0.717) is 0 Å². The topological polar surface area (TPSA) is 6.48 Å². The summed E-state index contributed by atoms with van der Waals surface area (Å²) in [4.78, 5) is 5.65. The van der Waals surface area contributed by atoms with Crippen molar-refractivity contribution < 1.29 is 8.97 Å². The maximum atomic E-state index is 2.83. The van der Waals surface area contributed by atoms with Crippen molar-refractivity contribution in [2.45, 2.75) is 25.2 Å². The third-order valence-electron chi connectivity index (χ3n) is 6.32. The third kappa shape index (κ3) is 1.40. The van der Waals surface area contributed by atoms with Crippen LogP contribution in [0.15, 0.2) is 0 Å². The van der Waals surface area contributed by atoms with E-state index in [1.54, 1.807) is 0 Å². The van der Waals surface area contributed by atoms with E-state index in [-0.39, 0.29) is 0 Å². The summed E-state index contributed by atoms with van der Waals surface area (Å²) in [6, 6.07) is 0. The largest absolute Gasteiger partial charge is 0.304 e. The lowest BCUT2D eigenvalue weighted by molar-refractivity contribution is -1.04. The first-order chi connectivity index (χ1) is 8.62. The van der Waals surface area contributed by atoms with Gasteiger partial charge in [0.2, 0.25) is 12.3 Å². The zero-order chi connectivity index (χ0) is 12.4. The average molecular weight is 252 g/mol. The van der Waals surface area contributed by atoms with E-state index in [9.17, 15) is 0 Å². The molecule has 0 amide bonds. The lowest BCUT2D eigenvalue weighted by Crippen LogP contribution is -2.86. The van der Waals surface area contributed by atoms with Crippen molar-refractivity contribution in [3.63, 3.8) is 0 Å². The molecule has 0 aromatic rings. The first-order valence-corrected chi connectivity index (χ1v) is 7.79. The van der Waals surface area contributed by atoms with Gasteiger partial charge in [0.05, 0.1) is 53.4 Å². The van der Waals surface area contributed by atoms with Crippen LogP contribution in [-0.4, -0.2) is 97.6 Å². The fourth-order valence-corrected chi connectivity index (χ4v) is 5.30. The van der Waals surface area contributed by atoms with E-state index in [4.69, 9.17) is 0 Å². The molecule has 0 bridgehead atoms. The predicted octanol–water partition coefficient (Wildman–Crippen LogP) is -0.0296. The third-order valence-corrected chi connectivity index (χ3v) is 6.32. The van der Waals surface area contributed by atoms with Crippen LogP contribution in [0.1, 0.15) is 12.8 Å². The molecule has 4 heteroatoms. The fourth-order valence-electron chi connectivity index (χ4n) is 5.30. The highest BCUT2D eigenvalue weighted by atomic mass is 15.6. The maximum Gasteiger partial charge on any atom is 0.213 e. The summed E-state index contributed by atoms with van der Waals surface area (Å²) in [5.74, 6) is 0. The number of hydrogen-bond acceptors (Lipinski definition) is 2. The molecule has 4 atom stereocenters. The van der Waals surface area contributed by atoms with Crippen molar-refractivity contribution in [1.82, 2.24) is 9.80 Å². The first kappa shape index (κ1) is 11.6. The van der Waals surface area contributed by atoms with Gasteiger partial charge >= 0.3 is 0 Å². The Bertz CT molecular complexity index is 326. The van der Waals surface area contributed by atoms with Gasteiger partial charge in [-0.25, -0.2) is 9.80 Å². The zero-order valence-corrected chi connectivity index (χ0v) is 12.0. The number of nitrogens with zero attached hydrogens (tertiary/aromatic N) is 4. The maximum absolute atomic E-state index is 2.83. The van der Waals surface area contributed by atoms with Gasteiger partial charge in [-0.3, -0.25) is 0 Å². The molecule has 4 saturated heterocycles. The summed E-state index contributed by atoms with van der Waals surface area (Å²) in [6.45, 7) is 10.9. The van der Waals surface area contributed by atoms with Crippen LogP contribution in [0.2, 0.25) is 0 Å². The minimum Gasteiger partial charge on any atom is -0.304 e. The molecule has 0 radical (unpaired) electrons. The molecule has 0 aliphatic carbocycles. The molecule has 4 fully saturated rings. The minimum atomic E-state index is 0.784. The minimum absolute atomic E-state index is 0.784. The Morgan fingerprint density at radius 3 is 1.56 bits per heavy atom. The van der Waals surface area contributed by atoms with Gasteiger partial charge in [-0.05, 0) is 0 Å². The SMILES string of the molecule is C[N+]12CCCN3CC[N+]4(C)CCCN(CC1)C4C32. The second kappa shape index (κ2) is 3.69. The molecule has 4 aliphatic heterocycles. The summed E-state index contributed by atoms with van der Waals surface area (Å²) in [5, 5.41) is 0. The molecule has 18 heavy (non-hydrogen) atoms. The van der Waals surface area contributed by atoms with E-state index < -0.39 is 0 Å². The highest BCUT2D eigenvalue weighted by Gasteiger charge is 2.61. The molecule has 0 spiro atoms. The molecule has 0 saturated carbocycles. The van der Waals surface area contributed by atoms with Crippen molar-refractivity contribution in [3.05, 3.63) is 0 Å². The average Bonchev–Trinajstić information content (AvgIpc) is 2.36. The first-order valence-electron chi connectivity index (χ1n) is 7.79. The Labute approximate surface area is 111 Å². The van der Waals surface area contributed by atoms with Crippen molar-refractivity contribution in [2.24, 2.45) is 0 Å². The molecule has 0 aromatic carbocycles. The zero-order valence-electron chi connectivity index (χ0n) is 12.0. The molecule has 0 N–H and O–H groups in total. The number of hydrogen-bond donors (Lipinski definition) is 0. The van der Waals surface area contributed by atoms with Crippen LogP contribution >= 0.6 is 0 Å². The number of likely N-dealkylation sites (N-methyl/N-ethyl adjacent to an activating group) is 2. The molecule has 4 aliphatic rings. The Kier molecular flexibility index (Phi) is 2.39. The summed E-state index contributed by atoms with van der Waals surface area (Å²) < 4.78 is 2.66. The number of piperazine rings is 2. The van der Waals surface area contributed by atoms with Crippen LogP contribution in [0.3, 0.4) is 0 Å². The molecule has 0 aromatic heterocycles. The molecule has 4 nitrogen and oxygen atoms in total. The molecule has 4 unspecified atom stereocenters. The van der Waals surface area contributed by atoms with Gasteiger partial charge in [-0.2, -0.15) is 0 Å². The fraction of sp³-hybridized carbons (Fsp3) is 1.00. The highest BCUT2D eigenvalue weighted by molar-refractivity contribution is 4.87. The van der Waals surface area contributed by atoms with Crippen LogP contribution in [-0.2, 0) is 0 Å². The summed E-state index contributed by atoms with van der Waals surface area (Å²) in [7, 11) is 5.05. The lowest BCUT2D eigenvalue weighted by Gasteiger charge is -2.65. The van der Waals surface area contributed by atoms with Crippen molar-refractivity contribution in [1.29, 1.82) is 0 Å². The monoisotopic (exact) mass is 252 g/mol. The molecule has 4 rings (SSSR count). The van der Waals surface area contributed by atoms with Crippen molar-refractivity contribution >= 4 is 0 Å². The standard InChI is InChI=1S/C14H28N4/c1-17-9-3-5-15-8-12-18(2)10-4-6-16(7-11-17)14(18)13(15)17/h13-14H,3-12H2,1-2H3/q+2. The number of quaternary nitrogens is 2. The van der Waals surface area contributed by atoms with Gasteiger partial charge < -0.3 is 8.97 Å². The summed E-state index contributed by atoms with van der Waals surface area (Å²) in [5.41, 5.74) is 0. The van der Waals surface area contributed by atoms with E-state index >= 15 is 0 Å². The van der Waals surface area contributed by atoms with Crippen molar-refractivity contribution in [3.8, 4) is 0 Å².